The van der Waals surface area contributed by atoms with E-state index in [4.69, 9.17) is 0 Å². The van der Waals surface area contributed by atoms with Crippen LogP contribution in [0, 0.1) is 20.8 Å². The number of rotatable bonds is 5. The van der Waals surface area contributed by atoms with Crippen LogP contribution in [0.3, 0.4) is 0 Å². The average molecular weight is 392 g/mol. The Labute approximate surface area is 162 Å². The van der Waals surface area contributed by atoms with E-state index < -0.39 is 11.7 Å². The summed E-state index contributed by atoms with van der Waals surface area (Å²) in [4.78, 5) is 25.5. The van der Waals surface area contributed by atoms with Crippen LogP contribution in [0.5, 0.6) is 0 Å². The Kier molecular flexibility index (Phi) is 6.48. The third-order valence-electron chi connectivity index (χ3n) is 4.39. The second-order valence-electron chi connectivity index (χ2n) is 6.79. The molecule has 2 aromatic carbocycles. The van der Waals surface area contributed by atoms with Crippen LogP contribution < -0.4 is 10.2 Å². The Balaban J connectivity index is 2.07. The van der Waals surface area contributed by atoms with Gasteiger partial charge < -0.3 is 10.2 Å². The number of benzene rings is 2. The van der Waals surface area contributed by atoms with E-state index in [2.05, 4.69) is 5.32 Å². The Hall–Kier alpha value is -2.83. The zero-order valence-corrected chi connectivity index (χ0v) is 16.3. The SMILES string of the molecule is CC(=O)N(CCC(=O)Nc1c(C)cc(C)cc1C)c1ccc(C(F)(F)F)cc1. The molecule has 150 valence electrons. The molecule has 28 heavy (non-hydrogen) atoms. The lowest BCUT2D eigenvalue weighted by Crippen LogP contribution is -2.32. The molecule has 0 fully saturated rings. The molecule has 0 aliphatic carbocycles. The number of carbonyl (C=O) groups excluding carboxylic acids is 2. The van der Waals surface area contributed by atoms with E-state index in [1.807, 2.05) is 32.9 Å². The summed E-state index contributed by atoms with van der Waals surface area (Å²) >= 11 is 0. The van der Waals surface area contributed by atoms with Crippen LogP contribution >= 0.6 is 0 Å². The molecule has 0 heterocycles. The lowest BCUT2D eigenvalue weighted by Gasteiger charge is -2.22. The van der Waals surface area contributed by atoms with Crippen molar-refractivity contribution in [2.24, 2.45) is 0 Å². The van der Waals surface area contributed by atoms with E-state index in [-0.39, 0.29) is 24.8 Å². The van der Waals surface area contributed by atoms with E-state index in [0.717, 1.165) is 34.5 Å². The first-order valence-corrected chi connectivity index (χ1v) is 8.82. The van der Waals surface area contributed by atoms with Crippen molar-refractivity contribution in [2.45, 2.75) is 40.3 Å². The van der Waals surface area contributed by atoms with Gasteiger partial charge in [0.05, 0.1) is 5.56 Å². The molecular formula is C21H23F3N2O2. The Morgan fingerprint density at radius 1 is 1.00 bits per heavy atom. The maximum atomic E-state index is 12.7. The van der Waals surface area contributed by atoms with Gasteiger partial charge in [-0.05, 0) is 56.2 Å². The minimum absolute atomic E-state index is 0.0212. The first-order valence-electron chi connectivity index (χ1n) is 8.82. The molecule has 0 aliphatic heterocycles. The van der Waals surface area contributed by atoms with Crippen LogP contribution in [0.15, 0.2) is 36.4 Å². The third kappa shape index (κ3) is 5.34. The molecule has 0 atom stereocenters. The molecular weight excluding hydrogens is 369 g/mol. The molecule has 2 aromatic rings. The number of halogens is 3. The molecule has 7 heteroatoms. The van der Waals surface area contributed by atoms with Crippen molar-refractivity contribution in [2.75, 3.05) is 16.8 Å². The monoisotopic (exact) mass is 392 g/mol. The number of anilines is 2. The summed E-state index contributed by atoms with van der Waals surface area (Å²) in [6.07, 6.45) is -4.42. The molecule has 0 bridgehead atoms. The van der Waals surface area contributed by atoms with Gasteiger partial charge in [0.15, 0.2) is 0 Å². The highest BCUT2D eigenvalue weighted by molar-refractivity contribution is 5.95. The van der Waals surface area contributed by atoms with Crippen molar-refractivity contribution in [3.05, 3.63) is 58.7 Å². The quantitative estimate of drug-likeness (QED) is 0.777. The molecule has 2 rings (SSSR count). The molecule has 1 N–H and O–H groups in total. The zero-order chi connectivity index (χ0) is 21.1. The Morgan fingerprint density at radius 2 is 1.54 bits per heavy atom. The number of alkyl halides is 3. The number of aryl methyl sites for hydroxylation is 3. The van der Waals surface area contributed by atoms with Gasteiger partial charge in [0.25, 0.3) is 0 Å². The van der Waals surface area contributed by atoms with Gasteiger partial charge in [0.1, 0.15) is 0 Å². The number of nitrogens with zero attached hydrogens (tertiary/aromatic N) is 1. The standard InChI is InChI=1S/C21H23F3N2O2/c1-13-11-14(2)20(15(3)12-13)25-19(28)9-10-26(16(4)27)18-7-5-17(6-8-18)21(22,23)24/h5-8,11-12H,9-10H2,1-4H3,(H,25,28). The molecule has 0 aliphatic rings. The van der Waals surface area contributed by atoms with E-state index in [9.17, 15) is 22.8 Å². The number of hydrogen-bond donors (Lipinski definition) is 1. The Morgan fingerprint density at radius 3 is 2.00 bits per heavy atom. The van der Waals surface area contributed by atoms with Crippen LogP contribution in [-0.2, 0) is 15.8 Å². The number of hydrogen-bond acceptors (Lipinski definition) is 2. The number of amides is 2. The average Bonchev–Trinajstić information content (AvgIpc) is 2.57. The van der Waals surface area contributed by atoms with Crippen LogP contribution in [0.2, 0.25) is 0 Å². The highest BCUT2D eigenvalue weighted by Crippen LogP contribution is 2.30. The van der Waals surface area contributed by atoms with Gasteiger partial charge in [-0.1, -0.05) is 17.7 Å². The van der Waals surface area contributed by atoms with Gasteiger partial charge in [-0.2, -0.15) is 13.2 Å². The molecule has 0 aromatic heterocycles. The predicted molar refractivity (Wildman–Crippen MR) is 103 cm³/mol. The molecule has 0 saturated carbocycles. The minimum atomic E-state index is -4.44. The van der Waals surface area contributed by atoms with Crippen molar-refractivity contribution < 1.29 is 22.8 Å². The summed E-state index contributed by atoms with van der Waals surface area (Å²) in [7, 11) is 0. The van der Waals surface area contributed by atoms with Crippen molar-refractivity contribution in [3.8, 4) is 0 Å². The summed E-state index contributed by atoms with van der Waals surface area (Å²) in [5.74, 6) is -0.622. The van der Waals surface area contributed by atoms with Crippen LogP contribution in [0.1, 0.15) is 35.6 Å². The maximum Gasteiger partial charge on any atom is 0.416 e. The Bertz CT molecular complexity index is 851. The summed E-state index contributed by atoms with van der Waals surface area (Å²) in [5, 5.41) is 2.85. The first kappa shape index (κ1) is 21.5. The third-order valence-corrected chi connectivity index (χ3v) is 4.39. The summed E-state index contributed by atoms with van der Waals surface area (Å²) in [6, 6.07) is 8.24. The summed E-state index contributed by atoms with van der Waals surface area (Å²) in [6.45, 7) is 7.15. The number of nitrogens with one attached hydrogen (secondary N) is 1. The fraction of sp³-hybridized carbons (Fsp3) is 0.333. The lowest BCUT2D eigenvalue weighted by atomic mass is 10.0. The lowest BCUT2D eigenvalue weighted by molar-refractivity contribution is -0.137. The molecule has 4 nitrogen and oxygen atoms in total. The van der Waals surface area contributed by atoms with Crippen molar-refractivity contribution >= 4 is 23.2 Å². The van der Waals surface area contributed by atoms with Crippen LogP contribution in [0.25, 0.3) is 0 Å². The van der Waals surface area contributed by atoms with Crippen LogP contribution in [0.4, 0.5) is 24.5 Å². The van der Waals surface area contributed by atoms with Crippen molar-refractivity contribution in [1.82, 2.24) is 0 Å². The topological polar surface area (TPSA) is 49.4 Å². The normalized spacial score (nSPS) is 11.2. The molecule has 0 radical (unpaired) electrons. The van der Waals surface area contributed by atoms with Gasteiger partial charge in [-0.15, -0.1) is 0 Å². The highest BCUT2D eigenvalue weighted by atomic mass is 19.4. The number of carbonyl (C=O) groups is 2. The van der Waals surface area contributed by atoms with E-state index in [1.54, 1.807) is 0 Å². The van der Waals surface area contributed by atoms with Crippen molar-refractivity contribution in [3.63, 3.8) is 0 Å². The molecule has 0 saturated heterocycles. The van der Waals surface area contributed by atoms with E-state index in [1.165, 1.54) is 24.0 Å². The first-order chi connectivity index (χ1) is 13.0. The summed E-state index contributed by atoms with van der Waals surface area (Å²) in [5.41, 5.74) is 3.24. The largest absolute Gasteiger partial charge is 0.416 e. The maximum absolute atomic E-state index is 12.7. The molecule has 0 spiro atoms. The van der Waals surface area contributed by atoms with Gasteiger partial charge in [-0.3, -0.25) is 9.59 Å². The fourth-order valence-corrected chi connectivity index (χ4v) is 3.09. The van der Waals surface area contributed by atoms with E-state index in [0.29, 0.717) is 5.69 Å². The zero-order valence-electron chi connectivity index (χ0n) is 16.3. The predicted octanol–water partition coefficient (Wildman–Crippen LogP) is 5.01. The van der Waals surface area contributed by atoms with Crippen molar-refractivity contribution in [1.29, 1.82) is 0 Å². The second kappa shape index (κ2) is 8.46. The van der Waals surface area contributed by atoms with Gasteiger partial charge >= 0.3 is 6.18 Å². The van der Waals surface area contributed by atoms with Gasteiger partial charge in [-0.25, -0.2) is 0 Å². The van der Waals surface area contributed by atoms with Gasteiger partial charge in [0, 0.05) is 31.3 Å². The summed E-state index contributed by atoms with van der Waals surface area (Å²) < 4.78 is 38.1. The van der Waals surface area contributed by atoms with E-state index >= 15 is 0 Å². The van der Waals surface area contributed by atoms with Gasteiger partial charge in [0.2, 0.25) is 11.8 Å². The second-order valence-corrected chi connectivity index (χ2v) is 6.79. The highest BCUT2D eigenvalue weighted by Gasteiger charge is 2.30. The minimum Gasteiger partial charge on any atom is -0.326 e. The fourth-order valence-electron chi connectivity index (χ4n) is 3.09. The molecule has 2 amide bonds. The smallest absolute Gasteiger partial charge is 0.326 e. The van der Waals surface area contributed by atoms with Crippen LogP contribution in [-0.4, -0.2) is 18.4 Å². The molecule has 0 unspecified atom stereocenters.